The Labute approximate surface area is 183 Å². The van der Waals surface area contributed by atoms with Crippen LogP contribution in [-0.2, 0) is 0 Å². The van der Waals surface area contributed by atoms with Gasteiger partial charge in [0, 0.05) is 17.4 Å². The first-order valence-electron chi connectivity index (χ1n) is 9.75. The molecule has 0 atom stereocenters. The molecule has 5 rings (SSSR count). The SMILES string of the molecule is O=[N+]([O-])c1ccccc1-c1ccc2sc(N(c3ccccc3)c3ccccc3)nc2c1. The lowest BCUT2D eigenvalue weighted by Gasteiger charge is -2.21. The number of rotatable bonds is 5. The summed E-state index contributed by atoms with van der Waals surface area (Å²) in [6, 6.07) is 32.8. The number of para-hydroxylation sites is 3. The summed E-state index contributed by atoms with van der Waals surface area (Å²) >= 11 is 1.59. The van der Waals surface area contributed by atoms with Crippen molar-refractivity contribution in [2.75, 3.05) is 4.90 Å². The lowest BCUT2D eigenvalue weighted by molar-refractivity contribution is -0.384. The minimum atomic E-state index is -0.349. The molecule has 0 fully saturated rings. The minimum absolute atomic E-state index is 0.0903. The number of nitro groups is 1. The van der Waals surface area contributed by atoms with E-state index in [1.807, 2.05) is 60.7 Å². The summed E-state index contributed by atoms with van der Waals surface area (Å²) in [7, 11) is 0. The van der Waals surface area contributed by atoms with Crippen LogP contribution in [0.5, 0.6) is 0 Å². The van der Waals surface area contributed by atoms with Gasteiger partial charge in [-0.1, -0.05) is 65.9 Å². The third kappa shape index (κ3) is 3.65. The van der Waals surface area contributed by atoms with Gasteiger partial charge in [0.2, 0.25) is 0 Å². The smallest absolute Gasteiger partial charge is 0.277 e. The van der Waals surface area contributed by atoms with Crippen LogP contribution in [0.3, 0.4) is 0 Å². The predicted molar refractivity (Wildman–Crippen MR) is 126 cm³/mol. The molecular weight excluding hydrogens is 406 g/mol. The van der Waals surface area contributed by atoms with Gasteiger partial charge in [0.1, 0.15) is 0 Å². The fraction of sp³-hybridized carbons (Fsp3) is 0. The van der Waals surface area contributed by atoms with E-state index < -0.39 is 0 Å². The maximum atomic E-state index is 11.5. The van der Waals surface area contributed by atoms with Crippen molar-refractivity contribution in [3.63, 3.8) is 0 Å². The van der Waals surface area contributed by atoms with Gasteiger partial charge in [-0.15, -0.1) is 0 Å². The Hall–Kier alpha value is -4.03. The van der Waals surface area contributed by atoms with E-state index in [4.69, 9.17) is 4.98 Å². The molecule has 0 unspecified atom stereocenters. The summed E-state index contributed by atoms with van der Waals surface area (Å²) in [6.07, 6.45) is 0. The topological polar surface area (TPSA) is 59.3 Å². The van der Waals surface area contributed by atoms with E-state index in [1.54, 1.807) is 23.5 Å². The number of thiazole rings is 1. The van der Waals surface area contributed by atoms with Crippen molar-refractivity contribution >= 4 is 43.7 Å². The summed E-state index contributed by atoms with van der Waals surface area (Å²) < 4.78 is 1.02. The third-order valence-corrected chi connectivity index (χ3v) is 6.03. The summed E-state index contributed by atoms with van der Waals surface area (Å²) in [6.45, 7) is 0. The molecule has 0 aliphatic heterocycles. The van der Waals surface area contributed by atoms with E-state index in [2.05, 4.69) is 29.2 Å². The quantitative estimate of drug-likeness (QED) is 0.219. The molecule has 1 heterocycles. The first-order valence-corrected chi connectivity index (χ1v) is 10.6. The molecule has 0 aliphatic rings. The molecule has 31 heavy (non-hydrogen) atoms. The molecule has 0 aliphatic carbocycles. The second-order valence-electron chi connectivity index (χ2n) is 6.96. The van der Waals surface area contributed by atoms with Crippen molar-refractivity contribution in [3.05, 3.63) is 113 Å². The number of anilines is 3. The Bertz CT molecular complexity index is 1330. The minimum Gasteiger partial charge on any atom is -0.286 e. The Morgan fingerprint density at radius 2 is 1.39 bits per heavy atom. The van der Waals surface area contributed by atoms with Crippen LogP contribution in [0.1, 0.15) is 0 Å². The largest absolute Gasteiger partial charge is 0.286 e. The lowest BCUT2D eigenvalue weighted by Crippen LogP contribution is -2.09. The summed E-state index contributed by atoms with van der Waals surface area (Å²) in [4.78, 5) is 18.1. The van der Waals surface area contributed by atoms with Crippen molar-refractivity contribution in [2.24, 2.45) is 0 Å². The highest BCUT2D eigenvalue weighted by Gasteiger charge is 2.18. The van der Waals surface area contributed by atoms with Gasteiger partial charge in [-0.2, -0.15) is 0 Å². The number of nitrogens with zero attached hydrogens (tertiary/aromatic N) is 3. The summed E-state index contributed by atoms with van der Waals surface area (Å²) in [5.41, 5.74) is 4.31. The van der Waals surface area contributed by atoms with Crippen LogP contribution < -0.4 is 4.90 Å². The molecule has 5 aromatic rings. The molecule has 6 heteroatoms. The van der Waals surface area contributed by atoms with Crippen LogP contribution in [0.15, 0.2) is 103 Å². The van der Waals surface area contributed by atoms with Crippen molar-refractivity contribution in [3.8, 4) is 11.1 Å². The second kappa shape index (κ2) is 8.01. The van der Waals surface area contributed by atoms with E-state index in [-0.39, 0.29) is 10.6 Å². The van der Waals surface area contributed by atoms with Gasteiger partial charge in [-0.05, 0) is 48.0 Å². The molecule has 150 valence electrons. The van der Waals surface area contributed by atoms with E-state index >= 15 is 0 Å². The molecule has 0 saturated heterocycles. The first-order chi connectivity index (χ1) is 15.2. The van der Waals surface area contributed by atoms with Crippen LogP contribution >= 0.6 is 11.3 Å². The molecule has 0 spiro atoms. The Kier molecular flexibility index (Phi) is 4.90. The Morgan fingerprint density at radius 3 is 2.03 bits per heavy atom. The fourth-order valence-electron chi connectivity index (χ4n) is 3.58. The highest BCUT2D eigenvalue weighted by Crippen LogP contribution is 2.40. The Morgan fingerprint density at radius 1 is 0.774 bits per heavy atom. The standard InChI is InChI=1S/C25H17N3O2S/c29-28(30)23-14-8-7-13-21(23)18-15-16-24-22(17-18)26-25(31-24)27(19-9-3-1-4-10-19)20-11-5-2-6-12-20/h1-17H. The monoisotopic (exact) mass is 423 g/mol. The number of hydrogen-bond acceptors (Lipinski definition) is 5. The lowest BCUT2D eigenvalue weighted by atomic mass is 10.0. The van der Waals surface area contributed by atoms with Crippen LogP contribution in [0, 0.1) is 10.1 Å². The predicted octanol–water partition coefficient (Wildman–Crippen LogP) is 7.34. The molecule has 0 amide bonds. The van der Waals surface area contributed by atoms with Crippen LogP contribution in [0.4, 0.5) is 22.2 Å². The van der Waals surface area contributed by atoms with Gasteiger partial charge in [-0.3, -0.25) is 15.0 Å². The van der Waals surface area contributed by atoms with E-state index in [0.29, 0.717) is 5.56 Å². The van der Waals surface area contributed by atoms with Crippen molar-refractivity contribution in [1.82, 2.24) is 4.98 Å². The molecule has 1 aromatic heterocycles. The highest BCUT2D eigenvalue weighted by molar-refractivity contribution is 7.22. The van der Waals surface area contributed by atoms with Gasteiger partial charge in [0.25, 0.3) is 5.69 Å². The second-order valence-corrected chi connectivity index (χ2v) is 7.97. The fourth-order valence-corrected chi connectivity index (χ4v) is 4.57. The van der Waals surface area contributed by atoms with Crippen molar-refractivity contribution in [1.29, 1.82) is 0 Å². The van der Waals surface area contributed by atoms with E-state index in [9.17, 15) is 10.1 Å². The van der Waals surface area contributed by atoms with Crippen LogP contribution in [0.2, 0.25) is 0 Å². The highest BCUT2D eigenvalue weighted by atomic mass is 32.1. The number of nitro benzene ring substituents is 1. The average Bonchev–Trinajstić information content (AvgIpc) is 3.23. The third-order valence-electron chi connectivity index (χ3n) is 5.01. The molecule has 5 nitrogen and oxygen atoms in total. The zero-order valence-electron chi connectivity index (χ0n) is 16.4. The van der Waals surface area contributed by atoms with Gasteiger partial charge >= 0.3 is 0 Å². The molecule has 0 saturated carbocycles. The maximum absolute atomic E-state index is 11.5. The zero-order chi connectivity index (χ0) is 21.2. The molecule has 0 bridgehead atoms. The van der Waals surface area contributed by atoms with Gasteiger partial charge in [0.15, 0.2) is 5.13 Å². The molecule has 0 radical (unpaired) electrons. The van der Waals surface area contributed by atoms with Gasteiger partial charge in [-0.25, -0.2) is 4.98 Å². The normalized spacial score (nSPS) is 10.8. The van der Waals surface area contributed by atoms with E-state index in [0.717, 1.165) is 32.3 Å². The Balaban J connectivity index is 1.63. The molecular formula is C25H17N3O2S. The number of benzene rings is 4. The van der Waals surface area contributed by atoms with Gasteiger partial charge in [0.05, 0.1) is 20.7 Å². The van der Waals surface area contributed by atoms with Crippen molar-refractivity contribution < 1.29 is 4.92 Å². The average molecular weight is 423 g/mol. The van der Waals surface area contributed by atoms with Crippen LogP contribution in [0.25, 0.3) is 21.3 Å². The number of aromatic nitrogens is 1. The van der Waals surface area contributed by atoms with Crippen LogP contribution in [-0.4, -0.2) is 9.91 Å². The molecule has 0 N–H and O–H groups in total. The zero-order valence-corrected chi connectivity index (χ0v) is 17.2. The number of hydrogen-bond donors (Lipinski definition) is 0. The van der Waals surface area contributed by atoms with E-state index in [1.165, 1.54) is 6.07 Å². The van der Waals surface area contributed by atoms with Gasteiger partial charge < -0.3 is 0 Å². The maximum Gasteiger partial charge on any atom is 0.277 e. The summed E-state index contributed by atoms with van der Waals surface area (Å²) in [5, 5.41) is 12.3. The number of fused-ring (bicyclic) bond motifs is 1. The van der Waals surface area contributed by atoms with Crippen molar-refractivity contribution in [2.45, 2.75) is 0 Å². The molecule has 4 aromatic carbocycles. The summed E-state index contributed by atoms with van der Waals surface area (Å²) in [5.74, 6) is 0. The first kappa shape index (κ1) is 19.0.